The van der Waals surface area contributed by atoms with Gasteiger partial charge in [0.15, 0.2) is 0 Å². The number of hydrogen-bond donors (Lipinski definition) is 2. The highest BCUT2D eigenvalue weighted by Crippen LogP contribution is 2.31. The molecule has 160 valence electrons. The predicted molar refractivity (Wildman–Crippen MR) is 114 cm³/mol. The van der Waals surface area contributed by atoms with Crippen molar-refractivity contribution in [1.29, 1.82) is 0 Å². The lowest BCUT2D eigenvalue weighted by atomic mass is 10.0. The number of amides is 1. The molecule has 2 aromatic heterocycles. The number of rotatable bonds is 6. The average molecular weight is 413 g/mol. The molecule has 0 unspecified atom stereocenters. The molecule has 3 aromatic rings. The smallest absolute Gasteiger partial charge is 0.339 e. The number of aryl methyl sites for hydroxylation is 3. The molecule has 1 aliphatic rings. The first-order valence-corrected chi connectivity index (χ1v) is 10.6. The third-order valence-electron chi connectivity index (χ3n) is 6.19. The second-order valence-corrected chi connectivity index (χ2v) is 8.08. The van der Waals surface area contributed by atoms with E-state index in [1.807, 2.05) is 26.8 Å². The lowest BCUT2D eigenvalue weighted by Gasteiger charge is -2.23. The van der Waals surface area contributed by atoms with Crippen molar-refractivity contribution in [2.24, 2.45) is 0 Å². The zero-order valence-corrected chi connectivity index (χ0v) is 17.9. The second-order valence-electron chi connectivity index (χ2n) is 8.08. The normalized spacial score (nSPS) is 15.2. The molecule has 1 saturated heterocycles. The Morgan fingerprint density at radius 2 is 1.73 bits per heavy atom. The van der Waals surface area contributed by atoms with E-state index in [1.54, 1.807) is 6.07 Å². The van der Waals surface area contributed by atoms with Gasteiger partial charge < -0.3 is 23.8 Å². The first-order chi connectivity index (χ1) is 14.4. The maximum atomic E-state index is 12.6. The number of morpholine rings is 1. The lowest BCUT2D eigenvalue weighted by Crippen LogP contribution is -3.14. The van der Waals surface area contributed by atoms with E-state index in [-0.39, 0.29) is 18.0 Å². The van der Waals surface area contributed by atoms with Crippen LogP contribution in [-0.4, -0.2) is 45.3 Å². The summed E-state index contributed by atoms with van der Waals surface area (Å²) < 4.78 is 16.7. The van der Waals surface area contributed by atoms with Gasteiger partial charge >= 0.3 is 5.63 Å². The molecule has 1 aromatic carbocycles. The van der Waals surface area contributed by atoms with Crippen LogP contribution in [0.1, 0.15) is 28.9 Å². The summed E-state index contributed by atoms with van der Waals surface area (Å²) in [7, 11) is 0. The summed E-state index contributed by atoms with van der Waals surface area (Å²) in [6.07, 6.45) is 0.628. The SMILES string of the molecule is Cc1oc2cc3oc(=O)c(CCC(=O)NCC[NH+]4CCOCC4)c(C)c3cc2c1C. The zero-order valence-electron chi connectivity index (χ0n) is 17.9. The molecule has 3 heterocycles. The fourth-order valence-corrected chi connectivity index (χ4v) is 4.13. The maximum Gasteiger partial charge on any atom is 0.339 e. The Kier molecular flexibility index (Phi) is 5.92. The van der Waals surface area contributed by atoms with Gasteiger partial charge in [-0.15, -0.1) is 0 Å². The van der Waals surface area contributed by atoms with Crippen LogP contribution in [0.4, 0.5) is 0 Å². The zero-order chi connectivity index (χ0) is 21.3. The van der Waals surface area contributed by atoms with Crippen molar-refractivity contribution in [1.82, 2.24) is 5.32 Å². The standard InChI is InChI=1S/C23H28N2O5/c1-14-16(3)29-20-13-21-19(12-18(14)20)15(2)17(23(27)30-21)4-5-22(26)24-6-7-25-8-10-28-11-9-25/h12-13H,4-11H2,1-3H3,(H,24,26)/p+1. The minimum absolute atomic E-state index is 0.0432. The molecule has 0 atom stereocenters. The molecular formula is C23H29N2O5+. The lowest BCUT2D eigenvalue weighted by molar-refractivity contribution is -0.906. The van der Waals surface area contributed by atoms with Crippen LogP contribution < -0.4 is 15.8 Å². The summed E-state index contributed by atoms with van der Waals surface area (Å²) >= 11 is 0. The van der Waals surface area contributed by atoms with Gasteiger partial charge in [-0.05, 0) is 44.4 Å². The number of carbonyl (C=O) groups excluding carboxylic acids is 1. The minimum Gasteiger partial charge on any atom is -0.461 e. The molecule has 0 spiro atoms. The van der Waals surface area contributed by atoms with Gasteiger partial charge in [0.2, 0.25) is 5.91 Å². The van der Waals surface area contributed by atoms with Crippen LogP contribution in [0.5, 0.6) is 0 Å². The Morgan fingerprint density at radius 1 is 1.03 bits per heavy atom. The van der Waals surface area contributed by atoms with Crippen LogP contribution in [0.25, 0.3) is 21.9 Å². The molecule has 4 rings (SSSR count). The van der Waals surface area contributed by atoms with Crippen molar-refractivity contribution < 1.29 is 23.3 Å². The van der Waals surface area contributed by atoms with Crippen LogP contribution >= 0.6 is 0 Å². The molecule has 1 fully saturated rings. The summed E-state index contributed by atoms with van der Waals surface area (Å²) in [5.41, 5.74) is 3.36. The first-order valence-electron chi connectivity index (χ1n) is 10.6. The highest BCUT2D eigenvalue weighted by molar-refractivity contribution is 5.96. The monoisotopic (exact) mass is 413 g/mol. The fourth-order valence-electron chi connectivity index (χ4n) is 4.13. The molecule has 0 radical (unpaired) electrons. The molecule has 7 nitrogen and oxygen atoms in total. The summed E-state index contributed by atoms with van der Waals surface area (Å²) in [5.74, 6) is 0.814. The summed E-state index contributed by atoms with van der Waals surface area (Å²) in [6, 6.07) is 3.80. The van der Waals surface area contributed by atoms with Crippen molar-refractivity contribution in [2.75, 3.05) is 39.4 Å². The van der Waals surface area contributed by atoms with Crippen molar-refractivity contribution in [2.45, 2.75) is 33.6 Å². The van der Waals surface area contributed by atoms with E-state index in [0.717, 1.165) is 66.1 Å². The van der Waals surface area contributed by atoms with Crippen LogP contribution in [0, 0.1) is 20.8 Å². The van der Waals surface area contributed by atoms with E-state index in [9.17, 15) is 9.59 Å². The van der Waals surface area contributed by atoms with Gasteiger partial charge in [-0.25, -0.2) is 4.79 Å². The molecular weight excluding hydrogens is 384 g/mol. The molecule has 7 heteroatoms. The topological polar surface area (TPSA) is 86.1 Å². The largest absolute Gasteiger partial charge is 0.461 e. The minimum atomic E-state index is -0.384. The van der Waals surface area contributed by atoms with Gasteiger partial charge in [-0.1, -0.05) is 0 Å². The number of hydrogen-bond acceptors (Lipinski definition) is 5. The maximum absolute atomic E-state index is 12.6. The van der Waals surface area contributed by atoms with Crippen LogP contribution in [0.2, 0.25) is 0 Å². The number of ether oxygens (including phenoxy) is 1. The molecule has 1 amide bonds. The van der Waals surface area contributed by atoms with Crippen LogP contribution in [-0.2, 0) is 16.0 Å². The Morgan fingerprint density at radius 3 is 2.50 bits per heavy atom. The van der Waals surface area contributed by atoms with Crippen molar-refractivity contribution >= 4 is 27.8 Å². The average Bonchev–Trinajstić information content (AvgIpc) is 3.00. The van der Waals surface area contributed by atoms with Gasteiger partial charge in [-0.3, -0.25) is 4.79 Å². The Hall–Kier alpha value is -2.64. The second kappa shape index (κ2) is 8.62. The van der Waals surface area contributed by atoms with Crippen molar-refractivity contribution in [3.63, 3.8) is 0 Å². The van der Waals surface area contributed by atoms with E-state index in [0.29, 0.717) is 24.1 Å². The van der Waals surface area contributed by atoms with Crippen LogP contribution in [0.15, 0.2) is 25.8 Å². The van der Waals surface area contributed by atoms with Crippen molar-refractivity contribution in [3.05, 3.63) is 45.0 Å². The molecule has 0 aliphatic carbocycles. The van der Waals surface area contributed by atoms with E-state index >= 15 is 0 Å². The van der Waals surface area contributed by atoms with Gasteiger partial charge in [-0.2, -0.15) is 0 Å². The molecule has 30 heavy (non-hydrogen) atoms. The molecule has 1 aliphatic heterocycles. The quantitative estimate of drug-likeness (QED) is 0.597. The fraction of sp³-hybridized carbons (Fsp3) is 0.478. The number of furan rings is 1. The van der Waals surface area contributed by atoms with Gasteiger partial charge in [0.25, 0.3) is 0 Å². The first kappa shape index (κ1) is 20.6. The van der Waals surface area contributed by atoms with E-state index in [4.69, 9.17) is 13.6 Å². The van der Waals surface area contributed by atoms with E-state index in [2.05, 4.69) is 5.32 Å². The van der Waals surface area contributed by atoms with Gasteiger partial charge in [0.05, 0.1) is 26.3 Å². The third-order valence-corrected chi connectivity index (χ3v) is 6.19. The Bertz CT molecular complexity index is 1140. The summed E-state index contributed by atoms with van der Waals surface area (Å²) in [6.45, 7) is 10.9. The highest BCUT2D eigenvalue weighted by atomic mass is 16.5. The third kappa shape index (κ3) is 4.13. The predicted octanol–water partition coefficient (Wildman–Crippen LogP) is 1.43. The number of fused-ring (bicyclic) bond motifs is 2. The van der Waals surface area contributed by atoms with Crippen LogP contribution in [0.3, 0.4) is 0 Å². The molecule has 0 saturated carbocycles. The Labute approximate surface area is 175 Å². The highest BCUT2D eigenvalue weighted by Gasteiger charge is 2.17. The number of carbonyl (C=O) groups is 1. The van der Waals surface area contributed by atoms with Gasteiger partial charge in [0, 0.05) is 28.8 Å². The van der Waals surface area contributed by atoms with E-state index < -0.39 is 0 Å². The number of nitrogens with one attached hydrogen (secondary N) is 2. The summed E-state index contributed by atoms with van der Waals surface area (Å²) in [4.78, 5) is 26.3. The summed E-state index contributed by atoms with van der Waals surface area (Å²) in [5, 5.41) is 4.87. The van der Waals surface area contributed by atoms with Gasteiger partial charge in [0.1, 0.15) is 30.0 Å². The van der Waals surface area contributed by atoms with E-state index in [1.165, 1.54) is 4.90 Å². The molecule has 2 N–H and O–H groups in total. The van der Waals surface area contributed by atoms with Crippen molar-refractivity contribution in [3.8, 4) is 0 Å². The Balaban J connectivity index is 1.45. The number of quaternary nitrogens is 1. The number of benzene rings is 1. The molecule has 0 bridgehead atoms.